The third kappa shape index (κ3) is 11.4. The molecular formula is C22H29F3IN3O2. The highest BCUT2D eigenvalue weighted by Gasteiger charge is 2.27. The first-order valence-electron chi connectivity index (χ1n) is 9.72. The number of nitrogens with zero attached hydrogens (tertiary/aromatic N) is 1. The molecule has 2 aromatic carbocycles. The molecule has 5 nitrogen and oxygen atoms in total. The third-order valence-corrected chi connectivity index (χ3v) is 4.20. The second-order valence-electron chi connectivity index (χ2n) is 6.66. The van der Waals surface area contributed by atoms with Gasteiger partial charge in [-0.15, -0.1) is 24.0 Å². The van der Waals surface area contributed by atoms with Gasteiger partial charge in [0.1, 0.15) is 6.61 Å². The molecule has 0 bridgehead atoms. The lowest BCUT2D eigenvalue weighted by Gasteiger charge is -2.13. The van der Waals surface area contributed by atoms with Crippen LogP contribution in [0.25, 0.3) is 0 Å². The molecule has 0 radical (unpaired) electrons. The van der Waals surface area contributed by atoms with E-state index in [9.17, 15) is 13.2 Å². The molecule has 0 aromatic heterocycles. The zero-order valence-corrected chi connectivity index (χ0v) is 20.0. The lowest BCUT2D eigenvalue weighted by atomic mass is 10.1. The van der Waals surface area contributed by atoms with Crippen LogP contribution in [0.3, 0.4) is 0 Å². The number of guanidine groups is 1. The predicted octanol–water partition coefficient (Wildman–Crippen LogP) is 4.79. The summed E-state index contributed by atoms with van der Waals surface area (Å²) in [4.78, 5) is 4.21. The van der Waals surface area contributed by atoms with Crippen molar-refractivity contribution in [3.8, 4) is 0 Å². The Hall–Kier alpha value is -1.85. The first-order chi connectivity index (χ1) is 14.4. The highest BCUT2D eigenvalue weighted by Crippen LogP contribution is 2.15. The largest absolute Gasteiger partial charge is 0.411 e. The Morgan fingerprint density at radius 2 is 1.23 bits per heavy atom. The minimum atomic E-state index is -4.31. The van der Waals surface area contributed by atoms with Crippen LogP contribution in [-0.2, 0) is 35.8 Å². The van der Waals surface area contributed by atoms with Crippen molar-refractivity contribution >= 4 is 29.9 Å². The van der Waals surface area contributed by atoms with Crippen LogP contribution in [0.2, 0.25) is 0 Å². The van der Waals surface area contributed by atoms with Gasteiger partial charge in [0.05, 0.1) is 13.2 Å². The summed E-state index contributed by atoms with van der Waals surface area (Å²) < 4.78 is 46.4. The average molecular weight is 551 g/mol. The Bertz CT molecular complexity index is 782. The van der Waals surface area contributed by atoms with Gasteiger partial charge in [-0.3, -0.25) is 4.99 Å². The maximum Gasteiger partial charge on any atom is 0.411 e. The number of hydrogen-bond acceptors (Lipinski definition) is 3. The molecule has 0 saturated heterocycles. The Labute approximate surface area is 198 Å². The van der Waals surface area contributed by atoms with E-state index in [0.29, 0.717) is 37.8 Å². The molecule has 0 fully saturated rings. The smallest absolute Gasteiger partial charge is 0.377 e. The highest BCUT2D eigenvalue weighted by atomic mass is 127. The van der Waals surface area contributed by atoms with E-state index in [4.69, 9.17) is 4.74 Å². The summed E-state index contributed by atoms with van der Waals surface area (Å²) >= 11 is 0. The molecule has 2 rings (SSSR count). The minimum Gasteiger partial charge on any atom is -0.377 e. The number of aliphatic imine (C=N–C) groups is 1. The molecule has 0 aliphatic heterocycles. The molecule has 0 unspecified atom stereocenters. The first-order valence-corrected chi connectivity index (χ1v) is 9.72. The number of halogens is 4. The average Bonchev–Trinajstić information content (AvgIpc) is 2.73. The van der Waals surface area contributed by atoms with Crippen LogP contribution in [0, 0.1) is 0 Å². The van der Waals surface area contributed by atoms with E-state index in [0.717, 1.165) is 16.7 Å². The minimum absolute atomic E-state index is 0. The van der Waals surface area contributed by atoms with Gasteiger partial charge in [-0.25, -0.2) is 0 Å². The maximum absolute atomic E-state index is 12.1. The van der Waals surface area contributed by atoms with Gasteiger partial charge in [0.25, 0.3) is 0 Å². The van der Waals surface area contributed by atoms with Gasteiger partial charge in [0.15, 0.2) is 5.96 Å². The normalized spacial score (nSPS) is 11.7. The second-order valence-corrected chi connectivity index (χ2v) is 6.66. The van der Waals surface area contributed by atoms with Gasteiger partial charge in [-0.1, -0.05) is 48.5 Å². The zero-order valence-electron chi connectivity index (χ0n) is 17.7. The molecule has 0 heterocycles. The lowest BCUT2D eigenvalue weighted by Crippen LogP contribution is -2.36. The van der Waals surface area contributed by atoms with Gasteiger partial charge in [-0.2, -0.15) is 13.2 Å². The molecule has 0 atom stereocenters. The van der Waals surface area contributed by atoms with Crippen molar-refractivity contribution in [1.82, 2.24) is 10.6 Å². The van der Waals surface area contributed by atoms with E-state index in [-0.39, 0.29) is 30.6 Å². The number of rotatable bonds is 10. The molecule has 0 saturated carbocycles. The zero-order chi connectivity index (χ0) is 21.8. The summed E-state index contributed by atoms with van der Waals surface area (Å²) in [5, 5.41) is 6.47. The number of alkyl halides is 3. The number of ether oxygens (including phenoxy) is 2. The van der Waals surface area contributed by atoms with Crippen LogP contribution < -0.4 is 10.6 Å². The topological polar surface area (TPSA) is 54.9 Å². The van der Waals surface area contributed by atoms with Gasteiger partial charge in [0, 0.05) is 26.7 Å². The van der Waals surface area contributed by atoms with E-state index in [2.05, 4.69) is 20.4 Å². The molecule has 31 heavy (non-hydrogen) atoms. The molecule has 2 aromatic rings. The molecule has 9 heteroatoms. The quantitative estimate of drug-likeness (QED) is 0.254. The Morgan fingerprint density at radius 1 is 0.806 bits per heavy atom. The van der Waals surface area contributed by atoms with Gasteiger partial charge in [0.2, 0.25) is 0 Å². The SMILES string of the molecule is CCOCc1ccc(CNC(=NC)NCc2ccc(COCC(F)(F)F)cc2)cc1.I. The van der Waals surface area contributed by atoms with Crippen molar-refractivity contribution in [2.75, 3.05) is 20.3 Å². The molecule has 2 N–H and O–H groups in total. The van der Waals surface area contributed by atoms with E-state index in [1.54, 1.807) is 19.2 Å². The van der Waals surface area contributed by atoms with Crippen molar-refractivity contribution in [3.63, 3.8) is 0 Å². The Balaban J connectivity index is 0.00000480. The van der Waals surface area contributed by atoms with Crippen molar-refractivity contribution in [3.05, 3.63) is 70.8 Å². The summed E-state index contributed by atoms with van der Waals surface area (Å²) in [6, 6.07) is 15.4. The molecule has 0 aliphatic rings. The fourth-order valence-corrected chi connectivity index (χ4v) is 2.60. The van der Waals surface area contributed by atoms with Crippen molar-refractivity contribution in [2.24, 2.45) is 4.99 Å². The maximum atomic E-state index is 12.1. The molecular weight excluding hydrogens is 522 g/mol. The van der Waals surface area contributed by atoms with Crippen molar-refractivity contribution in [1.29, 1.82) is 0 Å². The van der Waals surface area contributed by atoms with Crippen LogP contribution in [-0.4, -0.2) is 32.4 Å². The Morgan fingerprint density at radius 3 is 1.61 bits per heavy atom. The van der Waals surface area contributed by atoms with E-state index >= 15 is 0 Å². The number of hydrogen-bond donors (Lipinski definition) is 2. The summed E-state index contributed by atoms with van der Waals surface area (Å²) in [6.45, 7) is 3.13. The fraction of sp³-hybridized carbons (Fsp3) is 0.409. The Kier molecular flexibility index (Phi) is 12.5. The summed E-state index contributed by atoms with van der Waals surface area (Å²) in [5.41, 5.74) is 3.94. The monoisotopic (exact) mass is 551 g/mol. The standard InChI is InChI=1S/C22H28F3N3O2.HI/c1-3-29-14-19-8-4-17(5-9-19)12-27-21(26-2)28-13-18-6-10-20(11-7-18)15-30-16-22(23,24)25;/h4-11H,3,12-16H2,1-2H3,(H2,26,27,28);1H. The van der Waals surface area contributed by atoms with Crippen LogP contribution in [0.1, 0.15) is 29.2 Å². The number of benzene rings is 2. The lowest BCUT2D eigenvalue weighted by molar-refractivity contribution is -0.176. The van der Waals surface area contributed by atoms with E-state index < -0.39 is 12.8 Å². The van der Waals surface area contributed by atoms with Crippen LogP contribution in [0.5, 0.6) is 0 Å². The van der Waals surface area contributed by atoms with E-state index in [1.165, 1.54) is 0 Å². The fourth-order valence-electron chi connectivity index (χ4n) is 2.60. The van der Waals surface area contributed by atoms with Crippen molar-refractivity contribution in [2.45, 2.75) is 39.4 Å². The number of nitrogens with one attached hydrogen (secondary N) is 2. The van der Waals surface area contributed by atoms with Crippen LogP contribution >= 0.6 is 24.0 Å². The molecule has 0 aliphatic carbocycles. The molecule has 0 amide bonds. The first kappa shape index (κ1) is 27.2. The molecule has 0 spiro atoms. The van der Waals surface area contributed by atoms with Gasteiger partial charge < -0.3 is 20.1 Å². The molecule has 172 valence electrons. The summed E-state index contributed by atoms with van der Waals surface area (Å²) in [7, 11) is 1.70. The van der Waals surface area contributed by atoms with Gasteiger partial charge in [-0.05, 0) is 29.2 Å². The third-order valence-electron chi connectivity index (χ3n) is 4.20. The van der Waals surface area contributed by atoms with Crippen LogP contribution in [0.4, 0.5) is 13.2 Å². The van der Waals surface area contributed by atoms with E-state index in [1.807, 2.05) is 43.3 Å². The highest BCUT2D eigenvalue weighted by molar-refractivity contribution is 14.0. The van der Waals surface area contributed by atoms with Crippen molar-refractivity contribution < 1.29 is 22.6 Å². The van der Waals surface area contributed by atoms with Crippen LogP contribution in [0.15, 0.2) is 53.5 Å². The second kappa shape index (κ2) is 14.3. The summed E-state index contributed by atoms with van der Waals surface area (Å²) in [6.07, 6.45) is -4.31. The van der Waals surface area contributed by atoms with Gasteiger partial charge >= 0.3 is 6.18 Å². The predicted molar refractivity (Wildman–Crippen MR) is 126 cm³/mol. The summed E-state index contributed by atoms with van der Waals surface area (Å²) in [5.74, 6) is 0.658.